The summed E-state index contributed by atoms with van der Waals surface area (Å²) in [5.41, 5.74) is 2.38. The van der Waals surface area contributed by atoms with Crippen molar-refractivity contribution in [2.24, 2.45) is 5.41 Å². The lowest BCUT2D eigenvalue weighted by Gasteiger charge is -2.36. The first kappa shape index (κ1) is 32.5. The summed E-state index contributed by atoms with van der Waals surface area (Å²) in [4.78, 5) is 55.5. The molecule has 0 radical (unpaired) electrons. The summed E-state index contributed by atoms with van der Waals surface area (Å²) in [6, 6.07) is 15.2. The summed E-state index contributed by atoms with van der Waals surface area (Å²) in [6.07, 6.45) is 3.13. The molecule has 3 rings (SSSR count). The molecule has 0 unspecified atom stereocenters. The van der Waals surface area contributed by atoms with Gasteiger partial charge >= 0.3 is 0 Å². The van der Waals surface area contributed by atoms with Crippen molar-refractivity contribution in [1.82, 2.24) is 25.8 Å². The predicted molar refractivity (Wildman–Crippen MR) is 161 cm³/mol. The van der Waals surface area contributed by atoms with E-state index < -0.39 is 35.4 Å². The molecule has 1 heterocycles. The van der Waals surface area contributed by atoms with Crippen LogP contribution in [0.2, 0.25) is 0 Å². The molecule has 0 aliphatic carbocycles. The van der Waals surface area contributed by atoms with E-state index in [1.807, 2.05) is 82.3 Å². The van der Waals surface area contributed by atoms with Crippen LogP contribution in [0.3, 0.4) is 0 Å². The van der Waals surface area contributed by atoms with Crippen LogP contribution in [0.25, 0.3) is 0 Å². The van der Waals surface area contributed by atoms with Crippen molar-refractivity contribution < 1.29 is 23.9 Å². The van der Waals surface area contributed by atoms with E-state index in [1.165, 1.54) is 4.90 Å². The molecule has 10 heteroatoms. The molecule has 0 saturated heterocycles. The standard InChI is InChI=1S/C32H43N5O5/c1-22-11-10-14-25(17-22)19-36-15-16-37(26(31(36)41)21-42-20-24-12-8-7-9-13-24)27(38)18-34-30(40)28(32(3,4)5)35-29(39)23(2)33-6/h7-17,23,26,28,33H,18-21H2,1-6H3,(H,34,40)(H,35,39)/t23-,26-,28+/m0/s1. The van der Waals surface area contributed by atoms with E-state index in [0.29, 0.717) is 6.54 Å². The third-order valence-corrected chi connectivity index (χ3v) is 7.08. The van der Waals surface area contributed by atoms with Gasteiger partial charge in [0.25, 0.3) is 5.91 Å². The summed E-state index contributed by atoms with van der Waals surface area (Å²) < 4.78 is 5.90. The lowest BCUT2D eigenvalue weighted by Crippen LogP contribution is -2.58. The molecule has 226 valence electrons. The van der Waals surface area contributed by atoms with Gasteiger partial charge in [0, 0.05) is 12.4 Å². The normalized spacial score (nSPS) is 16.6. The number of benzene rings is 2. The van der Waals surface area contributed by atoms with Crippen LogP contribution in [0.4, 0.5) is 0 Å². The van der Waals surface area contributed by atoms with E-state index >= 15 is 0 Å². The van der Waals surface area contributed by atoms with Crippen LogP contribution in [0.15, 0.2) is 67.0 Å². The number of carbonyl (C=O) groups excluding carboxylic acids is 4. The smallest absolute Gasteiger partial charge is 0.252 e. The third-order valence-electron chi connectivity index (χ3n) is 7.08. The highest BCUT2D eigenvalue weighted by molar-refractivity contribution is 5.94. The Kier molecular flexibility index (Phi) is 11.4. The molecule has 0 bridgehead atoms. The quantitative estimate of drug-likeness (QED) is 0.357. The van der Waals surface area contributed by atoms with Gasteiger partial charge in [0.05, 0.1) is 32.3 Å². The van der Waals surface area contributed by atoms with E-state index in [2.05, 4.69) is 16.0 Å². The first-order valence-corrected chi connectivity index (χ1v) is 14.1. The second-order valence-electron chi connectivity index (χ2n) is 11.6. The fourth-order valence-electron chi connectivity index (χ4n) is 4.48. The topological polar surface area (TPSA) is 120 Å². The van der Waals surface area contributed by atoms with Gasteiger partial charge in [0.15, 0.2) is 0 Å². The SMILES string of the molecule is CN[C@@H](C)C(=O)N[C@H](C(=O)NCC(=O)N1C=CN(Cc2cccc(C)c2)C(=O)[C@@H]1COCc1ccccc1)C(C)(C)C. The number of carbonyl (C=O) groups is 4. The van der Waals surface area contributed by atoms with Crippen LogP contribution in [-0.4, -0.2) is 71.8 Å². The lowest BCUT2D eigenvalue weighted by molar-refractivity contribution is -0.146. The van der Waals surface area contributed by atoms with Gasteiger partial charge in [0.1, 0.15) is 12.1 Å². The van der Waals surface area contributed by atoms with Gasteiger partial charge < -0.3 is 30.5 Å². The lowest BCUT2D eigenvalue weighted by atomic mass is 9.86. The monoisotopic (exact) mass is 577 g/mol. The van der Waals surface area contributed by atoms with Gasteiger partial charge in [0.2, 0.25) is 17.7 Å². The highest BCUT2D eigenvalue weighted by Gasteiger charge is 2.37. The van der Waals surface area contributed by atoms with Gasteiger partial charge in [-0.25, -0.2) is 0 Å². The Labute approximate surface area is 248 Å². The first-order valence-electron chi connectivity index (χ1n) is 14.1. The van der Waals surface area contributed by atoms with Crippen LogP contribution in [-0.2, 0) is 37.1 Å². The van der Waals surface area contributed by atoms with Crippen molar-refractivity contribution in [2.45, 2.75) is 65.9 Å². The maximum absolute atomic E-state index is 13.6. The fourth-order valence-corrected chi connectivity index (χ4v) is 4.48. The van der Waals surface area contributed by atoms with Gasteiger partial charge in [-0.2, -0.15) is 0 Å². The zero-order chi connectivity index (χ0) is 30.9. The van der Waals surface area contributed by atoms with E-state index in [0.717, 1.165) is 16.7 Å². The Balaban J connectivity index is 1.73. The van der Waals surface area contributed by atoms with Crippen molar-refractivity contribution in [1.29, 1.82) is 0 Å². The maximum Gasteiger partial charge on any atom is 0.252 e. The van der Waals surface area contributed by atoms with Crippen molar-refractivity contribution in [2.75, 3.05) is 20.2 Å². The summed E-state index contributed by atoms with van der Waals surface area (Å²) in [5.74, 6) is -1.57. The Morgan fingerprint density at radius 2 is 1.67 bits per heavy atom. The molecular formula is C32H43N5O5. The molecule has 0 aromatic heterocycles. The average Bonchev–Trinajstić information content (AvgIpc) is 2.95. The molecule has 1 aliphatic rings. The first-order chi connectivity index (χ1) is 19.9. The summed E-state index contributed by atoms with van der Waals surface area (Å²) in [7, 11) is 1.66. The number of rotatable bonds is 12. The Hall–Kier alpha value is -4.02. The van der Waals surface area contributed by atoms with Crippen molar-refractivity contribution in [3.05, 3.63) is 83.7 Å². The van der Waals surface area contributed by atoms with Gasteiger partial charge in [-0.15, -0.1) is 0 Å². The van der Waals surface area contributed by atoms with Gasteiger partial charge in [-0.3, -0.25) is 19.2 Å². The second-order valence-corrected chi connectivity index (χ2v) is 11.6. The molecule has 42 heavy (non-hydrogen) atoms. The van der Waals surface area contributed by atoms with Gasteiger partial charge in [-0.1, -0.05) is 80.9 Å². The highest BCUT2D eigenvalue weighted by Crippen LogP contribution is 2.21. The van der Waals surface area contributed by atoms with Crippen molar-refractivity contribution in [3.8, 4) is 0 Å². The average molecular weight is 578 g/mol. The Bertz CT molecular complexity index is 1270. The summed E-state index contributed by atoms with van der Waals surface area (Å²) in [5, 5.41) is 8.28. The molecule has 3 atom stereocenters. The van der Waals surface area contributed by atoms with E-state index in [4.69, 9.17) is 4.74 Å². The minimum absolute atomic E-state index is 0.0232. The molecule has 1 aliphatic heterocycles. The summed E-state index contributed by atoms with van der Waals surface area (Å²) in [6.45, 7) is 9.43. The molecule has 3 N–H and O–H groups in total. The van der Waals surface area contributed by atoms with Crippen LogP contribution in [0.1, 0.15) is 44.4 Å². The number of ether oxygens (including phenoxy) is 1. The molecule has 10 nitrogen and oxygen atoms in total. The highest BCUT2D eigenvalue weighted by atomic mass is 16.5. The predicted octanol–water partition coefficient (Wildman–Crippen LogP) is 2.48. The molecule has 2 aromatic rings. The molecule has 0 saturated carbocycles. The zero-order valence-corrected chi connectivity index (χ0v) is 25.3. The molecule has 4 amide bonds. The summed E-state index contributed by atoms with van der Waals surface area (Å²) >= 11 is 0. The van der Waals surface area contributed by atoms with Crippen molar-refractivity contribution >= 4 is 23.6 Å². The minimum Gasteiger partial charge on any atom is -0.374 e. The number of likely N-dealkylation sites (N-methyl/N-ethyl adjacent to an activating group) is 1. The Morgan fingerprint density at radius 3 is 2.31 bits per heavy atom. The molecule has 0 spiro atoms. The zero-order valence-electron chi connectivity index (χ0n) is 25.3. The van der Waals surface area contributed by atoms with Crippen LogP contribution in [0.5, 0.6) is 0 Å². The second kappa shape index (κ2) is 14.7. The maximum atomic E-state index is 13.6. The third kappa shape index (κ3) is 8.99. The largest absolute Gasteiger partial charge is 0.374 e. The van der Waals surface area contributed by atoms with E-state index in [9.17, 15) is 19.2 Å². The van der Waals surface area contributed by atoms with Crippen LogP contribution < -0.4 is 16.0 Å². The van der Waals surface area contributed by atoms with Crippen LogP contribution >= 0.6 is 0 Å². The van der Waals surface area contributed by atoms with E-state index in [1.54, 1.807) is 31.3 Å². The fraction of sp³-hybridized carbons (Fsp3) is 0.438. The number of nitrogens with one attached hydrogen (secondary N) is 3. The number of nitrogens with zero attached hydrogens (tertiary/aromatic N) is 2. The minimum atomic E-state index is -0.914. The molecule has 0 fully saturated rings. The van der Waals surface area contributed by atoms with Crippen LogP contribution in [0, 0.1) is 12.3 Å². The molecular weight excluding hydrogens is 534 g/mol. The number of hydrogen-bond donors (Lipinski definition) is 3. The van der Waals surface area contributed by atoms with Crippen molar-refractivity contribution in [3.63, 3.8) is 0 Å². The molecule has 2 aromatic carbocycles. The number of aryl methyl sites for hydroxylation is 1. The van der Waals surface area contributed by atoms with Gasteiger partial charge in [-0.05, 0) is 37.4 Å². The number of hydrogen-bond acceptors (Lipinski definition) is 6. The Morgan fingerprint density at radius 1 is 0.976 bits per heavy atom. The number of amides is 4. The van der Waals surface area contributed by atoms with E-state index in [-0.39, 0.29) is 31.6 Å².